The minimum absolute atomic E-state index is 0.130. The number of nitrogens with one attached hydrogen (secondary N) is 2. The number of anilines is 1. The SMILES string of the molecule is CC(C)(C)c1cc(NC(=O)NC2=NCCS2)no1. The van der Waals surface area contributed by atoms with Gasteiger partial charge in [0.2, 0.25) is 0 Å². The number of hydrogen-bond donors (Lipinski definition) is 2. The molecule has 2 rings (SSSR count). The standard InChI is InChI=1S/C11H16N4O2S/c1-11(2,3)7-6-8(15-17-7)13-9(16)14-10-12-4-5-18-10/h6H,4-5H2,1-3H3,(H2,12,13,14,15,16). The summed E-state index contributed by atoms with van der Waals surface area (Å²) in [7, 11) is 0. The van der Waals surface area contributed by atoms with Crippen molar-refractivity contribution in [2.45, 2.75) is 26.2 Å². The Morgan fingerprint density at radius 3 is 2.78 bits per heavy atom. The van der Waals surface area contributed by atoms with Crippen LogP contribution in [0.5, 0.6) is 0 Å². The third-order valence-corrected chi connectivity index (χ3v) is 3.19. The molecule has 18 heavy (non-hydrogen) atoms. The Bertz CT molecular complexity index is 476. The van der Waals surface area contributed by atoms with Gasteiger partial charge in [-0.15, -0.1) is 0 Å². The lowest BCUT2D eigenvalue weighted by molar-refractivity contribution is 0.256. The first kappa shape index (κ1) is 12.9. The topological polar surface area (TPSA) is 79.5 Å². The van der Waals surface area contributed by atoms with Gasteiger partial charge in [-0.2, -0.15) is 0 Å². The van der Waals surface area contributed by atoms with Crippen LogP contribution in [0.4, 0.5) is 10.6 Å². The monoisotopic (exact) mass is 268 g/mol. The van der Waals surface area contributed by atoms with Gasteiger partial charge in [0.1, 0.15) is 5.76 Å². The van der Waals surface area contributed by atoms with Gasteiger partial charge in [-0.3, -0.25) is 15.6 Å². The van der Waals surface area contributed by atoms with E-state index in [9.17, 15) is 4.79 Å². The van der Waals surface area contributed by atoms with E-state index in [4.69, 9.17) is 4.52 Å². The minimum atomic E-state index is -0.350. The number of carbonyl (C=O) groups is 1. The van der Waals surface area contributed by atoms with Crippen molar-refractivity contribution in [3.05, 3.63) is 11.8 Å². The van der Waals surface area contributed by atoms with Crippen molar-refractivity contribution >= 4 is 28.8 Å². The minimum Gasteiger partial charge on any atom is -0.359 e. The van der Waals surface area contributed by atoms with Crippen molar-refractivity contribution in [3.63, 3.8) is 0 Å². The van der Waals surface area contributed by atoms with Gasteiger partial charge in [-0.1, -0.05) is 37.7 Å². The van der Waals surface area contributed by atoms with Gasteiger partial charge in [-0.25, -0.2) is 4.79 Å². The average molecular weight is 268 g/mol. The van der Waals surface area contributed by atoms with Crippen LogP contribution in [0.1, 0.15) is 26.5 Å². The van der Waals surface area contributed by atoms with E-state index in [1.54, 1.807) is 6.07 Å². The summed E-state index contributed by atoms with van der Waals surface area (Å²) in [5.41, 5.74) is -0.130. The molecule has 0 atom stereocenters. The lowest BCUT2D eigenvalue weighted by Gasteiger charge is -2.12. The second kappa shape index (κ2) is 5.01. The van der Waals surface area contributed by atoms with Crippen LogP contribution in [0.2, 0.25) is 0 Å². The maximum Gasteiger partial charge on any atom is 0.326 e. The Morgan fingerprint density at radius 1 is 1.44 bits per heavy atom. The highest BCUT2D eigenvalue weighted by Gasteiger charge is 2.20. The van der Waals surface area contributed by atoms with Gasteiger partial charge in [0.05, 0.1) is 6.54 Å². The molecule has 6 nitrogen and oxygen atoms in total. The van der Waals surface area contributed by atoms with E-state index in [1.165, 1.54) is 11.8 Å². The third kappa shape index (κ3) is 3.25. The fraction of sp³-hybridized carbons (Fsp3) is 0.545. The predicted octanol–water partition coefficient (Wildman–Crippen LogP) is 2.20. The summed E-state index contributed by atoms with van der Waals surface area (Å²) in [5, 5.41) is 9.72. The highest BCUT2D eigenvalue weighted by molar-refractivity contribution is 8.14. The fourth-order valence-electron chi connectivity index (χ4n) is 1.34. The maximum absolute atomic E-state index is 11.6. The zero-order valence-electron chi connectivity index (χ0n) is 10.6. The van der Waals surface area contributed by atoms with Crippen molar-refractivity contribution in [2.24, 2.45) is 4.99 Å². The number of urea groups is 1. The van der Waals surface area contributed by atoms with Gasteiger partial charge in [0.15, 0.2) is 11.0 Å². The first-order valence-electron chi connectivity index (χ1n) is 5.67. The van der Waals surface area contributed by atoms with Crippen LogP contribution >= 0.6 is 11.8 Å². The summed E-state index contributed by atoms with van der Waals surface area (Å²) in [6.07, 6.45) is 0. The zero-order chi connectivity index (χ0) is 13.2. The Morgan fingerprint density at radius 2 is 2.22 bits per heavy atom. The number of thioether (sulfide) groups is 1. The van der Waals surface area contributed by atoms with Crippen LogP contribution in [-0.4, -0.2) is 28.7 Å². The zero-order valence-corrected chi connectivity index (χ0v) is 11.4. The summed E-state index contributed by atoms with van der Waals surface area (Å²) < 4.78 is 5.17. The average Bonchev–Trinajstić information content (AvgIpc) is 2.87. The van der Waals surface area contributed by atoms with E-state index >= 15 is 0 Å². The van der Waals surface area contributed by atoms with Crippen molar-refractivity contribution < 1.29 is 9.32 Å². The summed E-state index contributed by atoms with van der Waals surface area (Å²) in [4.78, 5) is 15.8. The molecule has 0 fully saturated rings. The quantitative estimate of drug-likeness (QED) is 0.818. The molecule has 0 bridgehead atoms. The van der Waals surface area contributed by atoms with Crippen LogP contribution in [-0.2, 0) is 5.41 Å². The van der Waals surface area contributed by atoms with Crippen molar-refractivity contribution in [2.75, 3.05) is 17.6 Å². The number of aromatic nitrogens is 1. The van der Waals surface area contributed by atoms with Crippen LogP contribution in [0, 0.1) is 0 Å². The molecule has 0 aliphatic carbocycles. The van der Waals surface area contributed by atoms with Gasteiger partial charge in [0.25, 0.3) is 0 Å². The van der Waals surface area contributed by atoms with Crippen LogP contribution < -0.4 is 10.6 Å². The van der Waals surface area contributed by atoms with E-state index in [2.05, 4.69) is 20.8 Å². The molecule has 1 aromatic heterocycles. The second-order valence-electron chi connectivity index (χ2n) is 4.94. The molecule has 0 aromatic carbocycles. The van der Waals surface area contributed by atoms with Crippen LogP contribution in [0.15, 0.2) is 15.6 Å². The van der Waals surface area contributed by atoms with Gasteiger partial charge in [-0.05, 0) is 0 Å². The fourth-order valence-corrected chi connectivity index (χ4v) is 2.07. The van der Waals surface area contributed by atoms with Crippen LogP contribution in [0.3, 0.4) is 0 Å². The number of rotatable bonds is 1. The number of hydrogen-bond acceptors (Lipinski definition) is 5. The number of nitrogens with zero attached hydrogens (tertiary/aromatic N) is 2. The third-order valence-electron chi connectivity index (χ3n) is 2.30. The largest absolute Gasteiger partial charge is 0.359 e. The highest BCUT2D eigenvalue weighted by Crippen LogP contribution is 2.24. The molecule has 1 aliphatic rings. The first-order valence-corrected chi connectivity index (χ1v) is 6.66. The smallest absolute Gasteiger partial charge is 0.326 e. The van der Waals surface area contributed by atoms with E-state index in [0.29, 0.717) is 11.0 Å². The summed E-state index contributed by atoms with van der Waals surface area (Å²) >= 11 is 1.52. The first-order chi connectivity index (χ1) is 8.45. The van der Waals surface area contributed by atoms with E-state index < -0.39 is 0 Å². The molecule has 0 spiro atoms. The predicted molar refractivity (Wildman–Crippen MR) is 72.1 cm³/mol. The molecule has 1 aliphatic heterocycles. The number of carbonyl (C=O) groups excluding carboxylic acids is 1. The molecule has 1 aromatic rings. The Hall–Kier alpha value is -1.50. The van der Waals surface area contributed by atoms with Gasteiger partial charge >= 0.3 is 6.03 Å². The van der Waals surface area contributed by atoms with E-state index in [-0.39, 0.29) is 11.4 Å². The summed E-state index contributed by atoms with van der Waals surface area (Å²) in [6, 6.07) is 1.38. The molecule has 7 heteroatoms. The molecular formula is C11H16N4O2S. The lowest BCUT2D eigenvalue weighted by atomic mass is 9.93. The van der Waals surface area contributed by atoms with Gasteiger partial charge in [0, 0.05) is 17.2 Å². The Labute approximate surface area is 110 Å². The van der Waals surface area contributed by atoms with E-state index in [1.807, 2.05) is 20.8 Å². The normalized spacial score (nSPS) is 15.4. The van der Waals surface area contributed by atoms with Crippen molar-refractivity contribution in [1.82, 2.24) is 10.5 Å². The maximum atomic E-state index is 11.6. The molecule has 2 heterocycles. The summed E-state index contributed by atoms with van der Waals surface area (Å²) in [6.45, 7) is 6.79. The van der Waals surface area contributed by atoms with Gasteiger partial charge < -0.3 is 4.52 Å². The number of amides is 2. The Balaban J connectivity index is 1.93. The molecule has 98 valence electrons. The molecule has 0 unspecified atom stereocenters. The highest BCUT2D eigenvalue weighted by atomic mass is 32.2. The lowest BCUT2D eigenvalue weighted by Crippen LogP contribution is -2.32. The molecule has 0 saturated heterocycles. The molecule has 0 saturated carbocycles. The number of amidine groups is 1. The van der Waals surface area contributed by atoms with E-state index in [0.717, 1.165) is 18.1 Å². The molecular weight excluding hydrogens is 252 g/mol. The van der Waals surface area contributed by atoms with Crippen molar-refractivity contribution in [1.29, 1.82) is 0 Å². The van der Waals surface area contributed by atoms with Crippen LogP contribution in [0.25, 0.3) is 0 Å². The van der Waals surface area contributed by atoms with Crippen molar-refractivity contribution in [3.8, 4) is 0 Å². The summed E-state index contributed by atoms with van der Waals surface area (Å²) in [5.74, 6) is 2.04. The molecule has 0 radical (unpaired) electrons. The second-order valence-corrected chi connectivity index (χ2v) is 6.02. The Kier molecular flexibility index (Phi) is 3.60. The molecule has 2 N–H and O–H groups in total. The number of aliphatic imine (C=N–C) groups is 1. The molecule has 2 amide bonds.